The Balaban J connectivity index is 1.90. The first-order valence-corrected chi connectivity index (χ1v) is 9.49. The lowest BCUT2D eigenvalue weighted by atomic mass is 10.0. The Morgan fingerprint density at radius 2 is 1.70 bits per heavy atom. The lowest BCUT2D eigenvalue weighted by molar-refractivity contribution is 0.0975. The van der Waals surface area contributed by atoms with Crippen LogP contribution in [0, 0.1) is 6.92 Å². The Kier molecular flexibility index (Phi) is 4.77. The van der Waals surface area contributed by atoms with E-state index < -0.39 is 6.17 Å². The van der Waals surface area contributed by atoms with Crippen molar-refractivity contribution in [1.29, 1.82) is 0 Å². The fourth-order valence-electron chi connectivity index (χ4n) is 3.19. The zero-order valence-corrected chi connectivity index (χ0v) is 16.6. The highest BCUT2D eigenvalue weighted by molar-refractivity contribution is 6.35. The second-order valence-corrected chi connectivity index (χ2v) is 7.62. The Hall–Kier alpha value is -2.20. The summed E-state index contributed by atoms with van der Waals surface area (Å²) < 4.78 is 0. The lowest BCUT2D eigenvalue weighted by Crippen LogP contribution is -2.43. The van der Waals surface area contributed by atoms with E-state index in [4.69, 9.17) is 34.8 Å². The van der Waals surface area contributed by atoms with Crippen molar-refractivity contribution in [3.8, 4) is 0 Å². The van der Waals surface area contributed by atoms with Crippen LogP contribution in [-0.2, 0) is 0 Å². The van der Waals surface area contributed by atoms with Gasteiger partial charge in [0.15, 0.2) is 0 Å². The number of amides is 1. The zero-order chi connectivity index (χ0) is 19.1. The predicted octanol–water partition coefficient (Wildman–Crippen LogP) is 6.73. The van der Waals surface area contributed by atoms with Crippen LogP contribution in [0.5, 0.6) is 0 Å². The average molecular weight is 418 g/mol. The third-order valence-corrected chi connectivity index (χ3v) is 5.59. The van der Waals surface area contributed by atoms with Gasteiger partial charge in [-0.2, -0.15) is 0 Å². The Bertz CT molecular complexity index is 1050. The van der Waals surface area contributed by atoms with Gasteiger partial charge in [-0.25, -0.2) is 0 Å². The quantitative estimate of drug-likeness (QED) is 0.501. The molecule has 0 bridgehead atoms. The van der Waals surface area contributed by atoms with Crippen LogP contribution in [-0.4, -0.2) is 5.91 Å². The molecule has 0 fully saturated rings. The lowest BCUT2D eigenvalue weighted by Gasteiger charge is -2.38. The van der Waals surface area contributed by atoms with Crippen LogP contribution in [0.25, 0.3) is 0 Å². The highest BCUT2D eigenvalue weighted by Gasteiger charge is 2.35. The molecule has 3 nitrogen and oxygen atoms in total. The first kappa shape index (κ1) is 18.2. The summed E-state index contributed by atoms with van der Waals surface area (Å²) in [5, 5.41) is 5.04. The maximum atomic E-state index is 13.3. The fraction of sp³-hybridized carbons (Fsp3) is 0.0952. The summed E-state index contributed by atoms with van der Waals surface area (Å²) in [5.74, 6) is -0.125. The minimum atomic E-state index is -0.490. The number of aryl methyl sites for hydroxylation is 1. The summed E-state index contributed by atoms with van der Waals surface area (Å²) in [7, 11) is 0. The van der Waals surface area contributed by atoms with Crippen molar-refractivity contribution in [2.24, 2.45) is 0 Å². The first-order valence-electron chi connectivity index (χ1n) is 8.36. The van der Waals surface area contributed by atoms with Crippen molar-refractivity contribution >= 4 is 52.1 Å². The van der Waals surface area contributed by atoms with Gasteiger partial charge in [-0.3, -0.25) is 9.69 Å². The molecule has 0 spiro atoms. The van der Waals surface area contributed by atoms with E-state index >= 15 is 0 Å². The summed E-state index contributed by atoms with van der Waals surface area (Å²) in [6, 6.07) is 18.2. The molecular weight excluding hydrogens is 403 g/mol. The molecule has 1 heterocycles. The summed E-state index contributed by atoms with van der Waals surface area (Å²) >= 11 is 18.8. The number of fused-ring (bicyclic) bond motifs is 1. The van der Waals surface area contributed by atoms with Gasteiger partial charge < -0.3 is 5.32 Å². The van der Waals surface area contributed by atoms with Crippen LogP contribution in [0.1, 0.15) is 27.7 Å². The molecule has 0 saturated heterocycles. The molecule has 27 heavy (non-hydrogen) atoms. The van der Waals surface area contributed by atoms with Gasteiger partial charge in [-0.15, -0.1) is 0 Å². The number of carbonyl (C=O) groups is 1. The number of halogens is 3. The second-order valence-electron chi connectivity index (χ2n) is 6.37. The van der Waals surface area contributed by atoms with Gasteiger partial charge in [0.05, 0.1) is 5.56 Å². The van der Waals surface area contributed by atoms with Crippen LogP contribution in [0.15, 0.2) is 60.7 Å². The number of anilines is 2. The van der Waals surface area contributed by atoms with Gasteiger partial charge in [0.1, 0.15) is 6.17 Å². The van der Waals surface area contributed by atoms with Gasteiger partial charge in [0.25, 0.3) is 5.91 Å². The van der Waals surface area contributed by atoms with Crippen LogP contribution in [0.3, 0.4) is 0 Å². The van der Waals surface area contributed by atoms with Crippen LogP contribution >= 0.6 is 34.8 Å². The summed E-state index contributed by atoms with van der Waals surface area (Å²) in [5.41, 5.74) is 3.73. The number of carbonyl (C=O) groups excluding carboxylic acids is 1. The van der Waals surface area contributed by atoms with E-state index in [1.165, 1.54) is 0 Å². The zero-order valence-electron chi connectivity index (χ0n) is 14.3. The van der Waals surface area contributed by atoms with E-state index in [1.54, 1.807) is 29.2 Å². The van der Waals surface area contributed by atoms with Crippen molar-refractivity contribution in [3.63, 3.8) is 0 Å². The van der Waals surface area contributed by atoms with Gasteiger partial charge in [-0.1, -0.05) is 59.1 Å². The van der Waals surface area contributed by atoms with Gasteiger partial charge >= 0.3 is 0 Å². The molecule has 1 aliphatic heterocycles. The first-order chi connectivity index (χ1) is 13.0. The van der Waals surface area contributed by atoms with Gasteiger partial charge in [-0.05, 0) is 48.9 Å². The van der Waals surface area contributed by atoms with Crippen molar-refractivity contribution in [2.45, 2.75) is 13.1 Å². The van der Waals surface area contributed by atoms with E-state index in [-0.39, 0.29) is 5.91 Å². The smallest absolute Gasteiger partial charge is 0.262 e. The topological polar surface area (TPSA) is 32.3 Å². The molecule has 0 aromatic heterocycles. The average Bonchev–Trinajstić information content (AvgIpc) is 2.64. The van der Waals surface area contributed by atoms with E-state index in [2.05, 4.69) is 5.32 Å². The number of nitrogens with zero attached hydrogens (tertiary/aromatic N) is 1. The SMILES string of the molecule is Cc1ccc(N2C(=O)c3ccccc3NC2c2ccc(Cl)cc2Cl)cc1Cl. The Morgan fingerprint density at radius 3 is 2.44 bits per heavy atom. The number of rotatable bonds is 2. The van der Waals surface area contributed by atoms with E-state index in [1.807, 2.05) is 43.3 Å². The summed E-state index contributed by atoms with van der Waals surface area (Å²) in [6.45, 7) is 1.92. The number of nitrogens with one attached hydrogen (secondary N) is 1. The number of benzene rings is 3. The number of para-hydroxylation sites is 1. The molecule has 1 N–H and O–H groups in total. The standard InChI is InChI=1S/C21H15Cl3N2O/c1-12-6-8-14(11-17(12)23)26-20(15-9-7-13(22)10-18(15)24)25-19-5-3-2-4-16(19)21(26)27/h2-11,20,25H,1H3. The molecular formula is C21H15Cl3N2O. The van der Waals surface area contributed by atoms with Crippen molar-refractivity contribution < 1.29 is 4.79 Å². The normalized spacial score (nSPS) is 16.1. The highest BCUT2D eigenvalue weighted by Crippen LogP contribution is 2.40. The molecule has 3 aromatic rings. The van der Waals surface area contributed by atoms with Crippen molar-refractivity contribution in [1.82, 2.24) is 0 Å². The highest BCUT2D eigenvalue weighted by atomic mass is 35.5. The third-order valence-electron chi connectivity index (χ3n) is 4.62. The maximum Gasteiger partial charge on any atom is 0.262 e. The van der Waals surface area contributed by atoms with Crippen LogP contribution in [0.2, 0.25) is 15.1 Å². The molecule has 4 rings (SSSR count). The molecule has 3 aromatic carbocycles. The van der Waals surface area contributed by atoms with Crippen LogP contribution in [0.4, 0.5) is 11.4 Å². The molecule has 1 unspecified atom stereocenters. The van der Waals surface area contributed by atoms with E-state index in [0.717, 1.165) is 16.8 Å². The summed E-state index contributed by atoms with van der Waals surface area (Å²) in [6.07, 6.45) is -0.490. The number of hydrogen-bond acceptors (Lipinski definition) is 2. The second kappa shape index (κ2) is 7.08. The minimum absolute atomic E-state index is 0.125. The molecule has 6 heteroatoms. The minimum Gasteiger partial charge on any atom is -0.360 e. The largest absolute Gasteiger partial charge is 0.360 e. The van der Waals surface area contributed by atoms with Gasteiger partial charge in [0.2, 0.25) is 0 Å². The van der Waals surface area contributed by atoms with Gasteiger partial charge in [0, 0.05) is 32.0 Å². The third kappa shape index (κ3) is 3.27. The van der Waals surface area contributed by atoms with Crippen molar-refractivity contribution in [2.75, 3.05) is 10.2 Å². The maximum absolute atomic E-state index is 13.3. The molecule has 1 atom stereocenters. The molecule has 1 aliphatic rings. The molecule has 0 aliphatic carbocycles. The Morgan fingerprint density at radius 1 is 0.926 bits per heavy atom. The molecule has 0 radical (unpaired) electrons. The van der Waals surface area contributed by atoms with Crippen molar-refractivity contribution in [3.05, 3.63) is 92.4 Å². The molecule has 0 saturated carbocycles. The Labute approximate surface area is 172 Å². The molecule has 1 amide bonds. The van der Waals surface area contributed by atoms with Crippen LogP contribution < -0.4 is 10.2 Å². The predicted molar refractivity (Wildman–Crippen MR) is 112 cm³/mol. The summed E-state index contributed by atoms with van der Waals surface area (Å²) in [4.78, 5) is 15.0. The van der Waals surface area contributed by atoms with E-state index in [9.17, 15) is 4.79 Å². The monoisotopic (exact) mass is 416 g/mol. The molecule has 136 valence electrons. The van der Waals surface area contributed by atoms with E-state index in [0.29, 0.717) is 26.3 Å². The number of hydrogen-bond donors (Lipinski definition) is 1. The fourth-order valence-corrected chi connectivity index (χ4v) is 3.88.